The SMILES string of the molecule is CN.CN.CN[SiH2]C. The summed E-state index contributed by atoms with van der Waals surface area (Å²) >= 11 is 0. The predicted octanol–water partition coefficient (Wildman–Crippen LogP) is -1.51. The number of nitrogens with one attached hydrogen (secondary N) is 1. The van der Waals surface area contributed by atoms with Gasteiger partial charge >= 0.3 is 0 Å². The normalized spacial score (nSPS) is 6.75. The minimum atomic E-state index is 0.174. The molecule has 0 aliphatic carbocycles. The Morgan fingerprint density at radius 2 is 1.25 bits per heavy atom. The van der Waals surface area contributed by atoms with E-state index >= 15 is 0 Å². The van der Waals surface area contributed by atoms with Gasteiger partial charge in [0, 0.05) is 0 Å². The molecule has 0 aromatic heterocycles. The zero-order valence-corrected chi connectivity index (χ0v) is 7.78. The lowest BCUT2D eigenvalue weighted by atomic mass is 11.6. The van der Waals surface area contributed by atoms with Gasteiger partial charge in [0.2, 0.25) is 0 Å². The van der Waals surface area contributed by atoms with Crippen molar-refractivity contribution >= 4 is 9.68 Å². The molecule has 8 heavy (non-hydrogen) atoms. The van der Waals surface area contributed by atoms with E-state index in [-0.39, 0.29) is 9.68 Å². The Bertz CT molecular complexity index is 13.2. The molecule has 0 atom stereocenters. The molecule has 0 saturated carbocycles. The molecule has 54 valence electrons. The van der Waals surface area contributed by atoms with Crippen molar-refractivity contribution in [2.75, 3.05) is 21.1 Å². The second kappa shape index (κ2) is 60.0. The van der Waals surface area contributed by atoms with Gasteiger partial charge in [0.1, 0.15) is 0 Å². The van der Waals surface area contributed by atoms with E-state index in [9.17, 15) is 0 Å². The van der Waals surface area contributed by atoms with Crippen molar-refractivity contribution in [3.8, 4) is 0 Å². The Morgan fingerprint density at radius 1 is 1.12 bits per heavy atom. The first-order valence-electron chi connectivity index (χ1n) is 2.72. The van der Waals surface area contributed by atoms with E-state index in [4.69, 9.17) is 0 Å². The summed E-state index contributed by atoms with van der Waals surface area (Å²) in [6.45, 7) is 2.21. The maximum Gasteiger partial charge on any atom is 0.0882 e. The summed E-state index contributed by atoms with van der Waals surface area (Å²) in [5.41, 5.74) is 9.00. The van der Waals surface area contributed by atoms with Crippen molar-refractivity contribution < 1.29 is 0 Å². The third kappa shape index (κ3) is 132. The first-order chi connectivity index (χ1) is 3.91. The maximum absolute atomic E-state index is 4.50. The van der Waals surface area contributed by atoms with Crippen LogP contribution in [0.4, 0.5) is 0 Å². The van der Waals surface area contributed by atoms with Gasteiger partial charge in [-0.3, -0.25) is 0 Å². The zero-order valence-electron chi connectivity index (χ0n) is 6.36. The molecule has 0 aromatic carbocycles. The maximum atomic E-state index is 4.50. The average molecular weight is 137 g/mol. The third-order valence-electron chi connectivity index (χ3n) is 0.354. The lowest BCUT2D eigenvalue weighted by Crippen LogP contribution is -2.06. The van der Waals surface area contributed by atoms with E-state index in [1.54, 1.807) is 0 Å². The van der Waals surface area contributed by atoms with Crippen LogP contribution in [0.5, 0.6) is 0 Å². The van der Waals surface area contributed by atoms with Gasteiger partial charge in [-0.1, -0.05) is 6.55 Å². The van der Waals surface area contributed by atoms with Gasteiger partial charge in [-0.15, -0.1) is 0 Å². The smallest absolute Gasteiger partial charge is 0.0882 e. The van der Waals surface area contributed by atoms with Crippen LogP contribution in [0, 0.1) is 0 Å². The van der Waals surface area contributed by atoms with E-state index in [1.165, 1.54) is 14.1 Å². The van der Waals surface area contributed by atoms with E-state index in [0.29, 0.717) is 0 Å². The van der Waals surface area contributed by atoms with Crippen molar-refractivity contribution in [3.63, 3.8) is 0 Å². The Morgan fingerprint density at radius 3 is 1.25 bits per heavy atom. The van der Waals surface area contributed by atoms with Gasteiger partial charge < -0.3 is 16.4 Å². The summed E-state index contributed by atoms with van der Waals surface area (Å²) in [7, 11) is 5.17. The van der Waals surface area contributed by atoms with E-state index < -0.39 is 0 Å². The molecule has 3 nitrogen and oxygen atoms in total. The van der Waals surface area contributed by atoms with Crippen LogP contribution in [0.3, 0.4) is 0 Å². The average Bonchev–Trinajstić information content (AvgIpc) is 1.96. The zero-order chi connectivity index (χ0) is 7.41. The second-order valence-electron chi connectivity index (χ2n) is 0.707. The highest BCUT2D eigenvalue weighted by Crippen LogP contribution is 1.30. The highest BCUT2D eigenvalue weighted by molar-refractivity contribution is 6.29. The number of rotatable bonds is 1. The molecule has 0 aliphatic rings. The van der Waals surface area contributed by atoms with Gasteiger partial charge in [-0.2, -0.15) is 0 Å². The van der Waals surface area contributed by atoms with Crippen molar-refractivity contribution in [3.05, 3.63) is 0 Å². The molecule has 0 spiro atoms. The monoisotopic (exact) mass is 137 g/mol. The summed E-state index contributed by atoms with van der Waals surface area (Å²) in [5.74, 6) is 0. The molecule has 0 bridgehead atoms. The molecule has 0 unspecified atom stereocenters. The fourth-order valence-corrected chi connectivity index (χ4v) is 0. The van der Waals surface area contributed by atoms with E-state index in [2.05, 4.69) is 23.0 Å². The fraction of sp³-hybridized carbons (Fsp3) is 1.00. The molecule has 0 fully saturated rings. The number of hydrogen-bond acceptors (Lipinski definition) is 3. The lowest BCUT2D eigenvalue weighted by Gasteiger charge is -1.74. The van der Waals surface area contributed by atoms with E-state index in [1.807, 2.05) is 7.05 Å². The molecule has 0 aliphatic heterocycles. The minimum Gasteiger partial charge on any atom is -0.345 e. The third-order valence-corrected chi connectivity index (χ3v) is 1.06. The molecule has 0 heterocycles. The molecule has 0 aromatic rings. The van der Waals surface area contributed by atoms with Crippen molar-refractivity contribution in [1.29, 1.82) is 0 Å². The minimum absolute atomic E-state index is 0.174. The fourth-order valence-electron chi connectivity index (χ4n) is 0. The largest absolute Gasteiger partial charge is 0.345 e. The van der Waals surface area contributed by atoms with Gasteiger partial charge in [0.05, 0.1) is 9.68 Å². The van der Waals surface area contributed by atoms with Gasteiger partial charge in [0.15, 0.2) is 0 Å². The Kier molecular flexibility index (Phi) is 118. The highest BCUT2D eigenvalue weighted by Gasteiger charge is 1.53. The van der Waals surface area contributed by atoms with Crippen LogP contribution in [0.15, 0.2) is 0 Å². The molecule has 5 N–H and O–H groups in total. The Labute approximate surface area is 54.7 Å². The number of hydrogen-bond donors (Lipinski definition) is 3. The van der Waals surface area contributed by atoms with Crippen LogP contribution >= 0.6 is 0 Å². The summed E-state index contributed by atoms with van der Waals surface area (Å²) in [6, 6.07) is 0. The Hall–Kier alpha value is 0.0969. The van der Waals surface area contributed by atoms with Gasteiger partial charge in [0.25, 0.3) is 0 Å². The summed E-state index contributed by atoms with van der Waals surface area (Å²) in [4.78, 5) is 3.07. The quantitative estimate of drug-likeness (QED) is 0.385. The van der Waals surface area contributed by atoms with Crippen LogP contribution in [0.2, 0.25) is 6.55 Å². The predicted molar refractivity (Wildman–Crippen MR) is 43.7 cm³/mol. The van der Waals surface area contributed by atoms with Crippen LogP contribution in [0.25, 0.3) is 0 Å². The van der Waals surface area contributed by atoms with E-state index in [0.717, 1.165) is 0 Å². The molecule has 0 saturated heterocycles. The standard InChI is InChI=1S/C2H9NSi.2CH5N/c1-3-4-2;2*1-2/h3H,4H2,1-2H3;2*2H2,1H3. The van der Waals surface area contributed by atoms with Crippen molar-refractivity contribution in [2.45, 2.75) is 6.55 Å². The summed E-state index contributed by atoms with van der Waals surface area (Å²) in [5, 5.41) is 0. The highest BCUT2D eigenvalue weighted by atomic mass is 28.2. The molecule has 4 heteroatoms. The molecule has 0 rings (SSSR count). The Balaban J connectivity index is -0.0000000542. The van der Waals surface area contributed by atoms with Crippen molar-refractivity contribution in [2.24, 2.45) is 11.5 Å². The number of nitrogens with two attached hydrogens (primary N) is 2. The molecule has 0 radical (unpaired) electrons. The van der Waals surface area contributed by atoms with Crippen molar-refractivity contribution in [1.82, 2.24) is 4.98 Å². The van der Waals surface area contributed by atoms with Crippen LogP contribution in [0.1, 0.15) is 0 Å². The van der Waals surface area contributed by atoms with Gasteiger partial charge in [-0.25, -0.2) is 0 Å². The van der Waals surface area contributed by atoms with Crippen LogP contribution in [-0.4, -0.2) is 30.8 Å². The first kappa shape index (κ1) is 15.7. The summed E-state index contributed by atoms with van der Waals surface area (Å²) in [6.07, 6.45) is 0. The lowest BCUT2D eigenvalue weighted by molar-refractivity contribution is 1.25. The van der Waals surface area contributed by atoms with Crippen LogP contribution in [-0.2, 0) is 0 Å². The molecular formula is C4H19N3Si. The second-order valence-corrected chi connectivity index (χ2v) is 2.12. The van der Waals surface area contributed by atoms with Crippen LogP contribution < -0.4 is 16.4 Å². The molecular weight excluding hydrogens is 118 g/mol. The molecule has 0 amide bonds. The van der Waals surface area contributed by atoms with Gasteiger partial charge in [-0.05, 0) is 21.1 Å². The summed E-state index contributed by atoms with van der Waals surface area (Å²) < 4.78 is 0. The topological polar surface area (TPSA) is 64.1 Å². The first-order valence-corrected chi connectivity index (χ1v) is 4.84.